The van der Waals surface area contributed by atoms with Gasteiger partial charge in [0.2, 0.25) is 5.91 Å². The second-order valence-corrected chi connectivity index (χ2v) is 8.51. The van der Waals surface area contributed by atoms with Gasteiger partial charge in [0, 0.05) is 12.1 Å². The van der Waals surface area contributed by atoms with Crippen LogP contribution in [0.25, 0.3) is 21.9 Å². The Hall–Kier alpha value is -4.07. The van der Waals surface area contributed by atoms with Crippen molar-refractivity contribution in [2.24, 2.45) is 0 Å². The summed E-state index contributed by atoms with van der Waals surface area (Å²) in [6, 6.07) is 17.2. The summed E-state index contributed by atoms with van der Waals surface area (Å²) in [5, 5.41) is 13.5. The Kier molecular flexibility index (Phi) is 6.91. The van der Waals surface area contributed by atoms with E-state index in [-0.39, 0.29) is 18.9 Å². The zero-order valence-corrected chi connectivity index (χ0v) is 19.2. The third-order valence-corrected chi connectivity index (χ3v) is 6.32. The molecule has 0 fully saturated rings. The van der Waals surface area contributed by atoms with Gasteiger partial charge in [-0.2, -0.15) is 0 Å². The molecule has 35 heavy (non-hydrogen) atoms. The van der Waals surface area contributed by atoms with Gasteiger partial charge in [-0.05, 0) is 39.9 Å². The van der Waals surface area contributed by atoms with Crippen molar-refractivity contribution in [1.29, 1.82) is 0 Å². The molecule has 0 aliphatic carbocycles. The molecule has 1 aliphatic heterocycles. The highest BCUT2D eigenvalue weighted by Gasteiger charge is 2.37. The molecule has 3 aromatic carbocycles. The number of nitrogens with zero attached hydrogens (tertiary/aromatic N) is 1. The number of fused-ring (bicyclic) bond motifs is 2. The van der Waals surface area contributed by atoms with Crippen molar-refractivity contribution in [3.8, 4) is 11.1 Å². The molecule has 8 heteroatoms. The Bertz CT molecular complexity index is 1320. The predicted octanol–water partition coefficient (Wildman–Crippen LogP) is 3.74. The van der Waals surface area contributed by atoms with Crippen LogP contribution in [0.4, 0.5) is 4.39 Å². The average molecular weight is 477 g/mol. The van der Waals surface area contributed by atoms with E-state index in [1.54, 1.807) is 6.92 Å². The zero-order valence-electron chi connectivity index (χ0n) is 19.2. The summed E-state index contributed by atoms with van der Waals surface area (Å²) in [7, 11) is 0. The fourth-order valence-corrected chi connectivity index (χ4v) is 4.55. The topological polar surface area (TPSA) is 104 Å². The fourth-order valence-electron chi connectivity index (χ4n) is 4.55. The molecule has 0 spiro atoms. The Balaban J connectivity index is 1.59. The van der Waals surface area contributed by atoms with Crippen LogP contribution in [0.5, 0.6) is 0 Å². The van der Waals surface area contributed by atoms with Crippen molar-refractivity contribution in [1.82, 2.24) is 10.2 Å². The molecule has 0 saturated carbocycles. The molecule has 2 atom stereocenters. The molecule has 0 radical (unpaired) electrons. The summed E-state index contributed by atoms with van der Waals surface area (Å²) < 4.78 is 12.9. The van der Waals surface area contributed by atoms with Gasteiger partial charge in [0.25, 0.3) is 5.91 Å². The number of alkyl halides is 1. The number of benzene rings is 3. The molecule has 2 N–H and O–H groups in total. The summed E-state index contributed by atoms with van der Waals surface area (Å²) in [5.41, 5.74) is 3.13. The molecule has 2 unspecified atom stereocenters. The number of rotatable bonds is 9. The van der Waals surface area contributed by atoms with E-state index in [9.17, 15) is 23.6 Å². The molecule has 2 amide bonds. The number of halogens is 1. The largest absolute Gasteiger partial charge is 0.481 e. The normalized spacial score (nSPS) is 14.5. The first-order valence-electron chi connectivity index (χ1n) is 11.4. The number of hydrogen-bond donors (Lipinski definition) is 2. The van der Waals surface area contributed by atoms with Crippen LogP contribution in [0.1, 0.15) is 35.7 Å². The maximum absolute atomic E-state index is 13.3. The van der Waals surface area contributed by atoms with Crippen molar-refractivity contribution >= 4 is 34.3 Å². The maximum Gasteiger partial charge on any atom is 0.305 e. The van der Waals surface area contributed by atoms with Crippen LogP contribution in [0.15, 0.2) is 60.7 Å². The minimum atomic E-state index is -1.49. The molecule has 1 aliphatic rings. The van der Waals surface area contributed by atoms with E-state index in [1.807, 2.05) is 60.7 Å². The minimum Gasteiger partial charge on any atom is -0.481 e. The Morgan fingerprint density at radius 1 is 1.06 bits per heavy atom. The number of aliphatic carboxylic acids is 1. The quantitative estimate of drug-likeness (QED) is 0.490. The molecule has 7 nitrogen and oxygen atoms in total. The van der Waals surface area contributed by atoms with E-state index >= 15 is 0 Å². The van der Waals surface area contributed by atoms with E-state index < -0.39 is 42.8 Å². The minimum absolute atomic E-state index is 0.205. The summed E-state index contributed by atoms with van der Waals surface area (Å²) in [6.07, 6.45) is -0.487. The number of nitrogens with one attached hydrogen (secondary N) is 1. The lowest BCUT2D eigenvalue weighted by Crippen LogP contribution is -2.52. The van der Waals surface area contributed by atoms with Gasteiger partial charge < -0.3 is 15.3 Å². The molecular weight excluding hydrogens is 451 g/mol. The Morgan fingerprint density at radius 3 is 2.51 bits per heavy atom. The number of carboxylic acids is 1. The van der Waals surface area contributed by atoms with Crippen molar-refractivity contribution in [2.45, 2.75) is 38.4 Å². The highest BCUT2D eigenvalue weighted by atomic mass is 19.1. The van der Waals surface area contributed by atoms with Crippen LogP contribution in [-0.2, 0) is 20.9 Å². The predicted molar refractivity (Wildman–Crippen MR) is 129 cm³/mol. The van der Waals surface area contributed by atoms with Gasteiger partial charge in [-0.3, -0.25) is 19.2 Å². The average Bonchev–Trinajstić information content (AvgIpc) is 3.18. The fraction of sp³-hybridized carbons (Fsp3) is 0.259. The number of hydrogen-bond acceptors (Lipinski definition) is 4. The first-order chi connectivity index (χ1) is 16.8. The van der Waals surface area contributed by atoms with Gasteiger partial charge in [0.1, 0.15) is 18.8 Å². The lowest BCUT2D eigenvalue weighted by atomic mass is 9.96. The first-order valence-corrected chi connectivity index (χ1v) is 11.4. The van der Waals surface area contributed by atoms with Crippen LogP contribution in [0.2, 0.25) is 0 Å². The van der Waals surface area contributed by atoms with Crippen LogP contribution in [0, 0.1) is 0 Å². The molecule has 1 heterocycles. The van der Waals surface area contributed by atoms with Crippen LogP contribution < -0.4 is 5.32 Å². The molecule has 4 rings (SSSR count). The molecule has 3 aromatic rings. The van der Waals surface area contributed by atoms with Crippen molar-refractivity contribution in [3.05, 3.63) is 71.8 Å². The summed E-state index contributed by atoms with van der Waals surface area (Å²) in [4.78, 5) is 50.5. The number of carboxylic acid groups (broad SMARTS) is 1. The standard InChI is InChI=1S/C27H25FN2O5/c1-2-23(26(34)29-22(13-25(32)33)24(31)14-28)30-15-18-11-10-17(12-21(18)27(30)35)20-9-5-7-16-6-3-4-8-19(16)20/h3-12,22-23H,2,13-15H2,1H3,(H,29,34)(H,32,33). The van der Waals surface area contributed by atoms with E-state index in [0.717, 1.165) is 27.5 Å². The van der Waals surface area contributed by atoms with Gasteiger partial charge in [-0.1, -0.05) is 61.5 Å². The van der Waals surface area contributed by atoms with Crippen molar-refractivity contribution in [3.63, 3.8) is 0 Å². The second kappa shape index (κ2) is 10.0. The number of carbonyl (C=O) groups is 4. The van der Waals surface area contributed by atoms with Gasteiger partial charge in [0.05, 0.1) is 6.42 Å². The molecular formula is C27H25FN2O5. The van der Waals surface area contributed by atoms with Crippen LogP contribution >= 0.6 is 0 Å². The second-order valence-electron chi connectivity index (χ2n) is 8.51. The third-order valence-electron chi connectivity index (χ3n) is 6.32. The third kappa shape index (κ3) is 4.77. The molecule has 0 saturated heterocycles. The van der Waals surface area contributed by atoms with Crippen LogP contribution in [-0.4, -0.2) is 52.3 Å². The number of ketones is 1. The lowest BCUT2D eigenvalue weighted by Gasteiger charge is -2.27. The molecule has 0 aromatic heterocycles. The first kappa shape index (κ1) is 24.1. The Labute approximate surface area is 201 Å². The summed E-state index contributed by atoms with van der Waals surface area (Å²) in [5.74, 6) is -3.37. The molecule has 180 valence electrons. The monoisotopic (exact) mass is 476 g/mol. The van der Waals surface area contributed by atoms with E-state index in [2.05, 4.69) is 5.32 Å². The van der Waals surface area contributed by atoms with Gasteiger partial charge in [-0.25, -0.2) is 4.39 Å². The number of amides is 2. The Morgan fingerprint density at radius 2 is 1.80 bits per heavy atom. The van der Waals surface area contributed by atoms with Gasteiger partial charge in [-0.15, -0.1) is 0 Å². The SMILES string of the molecule is CCC(C(=O)NC(CC(=O)O)C(=O)CF)N1Cc2ccc(-c3cccc4ccccc34)cc2C1=O. The summed E-state index contributed by atoms with van der Waals surface area (Å²) >= 11 is 0. The highest BCUT2D eigenvalue weighted by Crippen LogP contribution is 2.33. The highest BCUT2D eigenvalue weighted by molar-refractivity contribution is 6.04. The lowest BCUT2D eigenvalue weighted by molar-refractivity contribution is -0.140. The smallest absolute Gasteiger partial charge is 0.305 e. The van der Waals surface area contributed by atoms with E-state index in [4.69, 9.17) is 5.11 Å². The van der Waals surface area contributed by atoms with Gasteiger partial charge in [0.15, 0.2) is 5.78 Å². The van der Waals surface area contributed by atoms with E-state index in [1.165, 1.54) is 4.90 Å². The van der Waals surface area contributed by atoms with E-state index in [0.29, 0.717) is 5.56 Å². The van der Waals surface area contributed by atoms with Crippen molar-refractivity contribution in [2.75, 3.05) is 6.67 Å². The molecule has 0 bridgehead atoms. The zero-order chi connectivity index (χ0) is 25.1. The maximum atomic E-state index is 13.3. The van der Waals surface area contributed by atoms with Crippen LogP contribution in [0.3, 0.4) is 0 Å². The summed E-state index contributed by atoms with van der Waals surface area (Å²) in [6.45, 7) is 0.530. The number of Topliss-reactive ketones (excluding diaryl/α,β-unsaturated/α-hetero) is 1. The number of carbonyl (C=O) groups excluding carboxylic acids is 3. The van der Waals surface area contributed by atoms with Gasteiger partial charge >= 0.3 is 5.97 Å². The van der Waals surface area contributed by atoms with Crippen molar-refractivity contribution < 1.29 is 28.7 Å².